The smallest absolute Gasteiger partial charge is 0.108 e. The van der Waals surface area contributed by atoms with Gasteiger partial charge in [-0.15, -0.1) is 11.3 Å². The van der Waals surface area contributed by atoms with Crippen molar-refractivity contribution in [2.45, 2.75) is 39.7 Å². The minimum absolute atomic E-state index is 0.296. The molecule has 2 aromatic heterocycles. The summed E-state index contributed by atoms with van der Waals surface area (Å²) in [4.78, 5) is 4.55. The first-order valence-corrected chi connectivity index (χ1v) is 7.33. The molecule has 0 radical (unpaired) electrons. The van der Waals surface area contributed by atoms with E-state index in [0.717, 1.165) is 35.8 Å². The molecule has 2 rings (SSSR count). The van der Waals surface area contributed by atoms with E-state index in [1.54, 1.807) is 17.6 Å². The Morgan fingerprint density at radius 2 is 2.28 bits per heavy atom. The maximum Gasteiger partial charge on any atom is 0.108 e. The molecule has 0 amide bonds. The summed E-state index contributed by atoms with van der Waals surface area (Å²) in [5, 5.41) is 6.79. The highest BCUT2D eigenvalue weighted by molar-refractivity contribution is 7.09. The lowest BCUT2D eigenvalue weighted by atomic mass is 10.0. The van der Waals surface area contributed by atoms with E-state index in [1.807, 2.05) is 6.92 Å². The van der Waals surface area contributed by atoms with E-state index in [4.69, 9.17) is 4.42 Å². The fraction of sp³-hybridized carbons (Fsp3) is 0.500. The van der Waals surface area contributed by atoms with Gasteiger partial charge in [0, 0.05) is 29.8 Å². The normalized spacial score (nSPS) is 12.8. The summed E-state index contributed by atoms with van der Waals surface area (Å²) in [6.45, 7) is 7.25. The molecule has 0 aliphatic carbocycles. The summed E-state index contributed by atoms with van der Waals surface area (Å²) in [7, 11) is 0. The number of thiazole rings is 1. The lowest BCUT2D eigenvalue weighted by Crippen LogP contribution is -2.23. The van der Waals surface area contributed by atoms with Gasteiger partial charge < -0.3 is 9.73 Å². The van der Waals surface area contributed by atoms with Crippen LogP contribution in [0.2, 0.25) is 0 Å². The molecule has 18 heavy (non-hydrogen) atoms. The van der Waals surface area contributed by atoms with Crippen molar-refractivity contribution in [1.29, 1.82) is 0 Å². The predicted octanol–water partition coefficient (Wildman–Crippen LogP) is 3.50. The molecular formula is C14H20N2OS. The van der Waals surface area contributed by atoms with Crippen LogP contribution in [-0.4, -0.2) is 11.5 Å². The predicted molar refractivity (Wildman–Crippen MR) is 75.1 cm³/mol. The van der Waals surface area contributed by atoms with Crippen molar-refractivity contribution in [3.05, 3.63) is 39.7 Å². The van der Waals surface area contributed by atoms with Crippen LogP contribution < -0.4 is 5.32 Å². The van der Waals surface area contributed by atoms with E-state index in [0.29, 0.717) is 6.04 Å². The molecule has 98 valence electrons. The Morgan fingerprint density at radius 3 is 2.89 bits per heavy atom. The number of rotatable bonds is 6. The summed E-state index contributed by atoms with van der Waals surface area (Å²) < 4.78 is 5.53. The summed E-state index contributed by atoms with van der Waals surface area (Å²) in [6, 6.07) is 2.37. The fourth-order valence-electron chi connectivity index (χ4n) is 2.20. The lowest BCUT2D eigenvalue weighted by molar-refractivity contribution is 0.486. The van der Waals surface area contributed by atoms with Crippen molar-refractivity contribution in [2.75, 3.05) is 6.54 Å². The molecule has 1 N–H and O–H groups in total. The van der Waals surface area contributed by atoms with Gasteiger partial charge in [0.05, 0.1) is 17.0 Å². The van der Waals surface area contributed by atoms with E-state index in [-0.39, 0.29) is 0 Å². The number of nitrogens with one attached hydrogen (secondary N) is 1. The molecule has 0 aromatic carbocycles. The first kappa shape index (κ1) is 13.3. The van der Waals surface area contributed by atoms with Crippen LogP contribution in [0.3, 0.4) is 0 Å². The topological polar surface area (TPSA) is 38.1 Å². The second kappa shape index (κ2) is 6.16. The zero-order valence-electron chi connectivity index (χ0n) is 11.2. The molecule has 2 aromatic rings. The quantitative estimate of drug-likeness (QED) is 0.867. The second-order valence-electron chi connectivity index (χ2n) is 4.32. The van der Waals surface area contributed by atoms with Crippen molar-refractivity contribution in [1.82, 2.24) is 10.3 Å². The average molecular weight is 264 g/mol. The Hall–Kier alpha value is -1.13. The number of likely N-dealkylation sites (N-methyl/N-ethyl adjacent to an activating group) is 1. The van der Waals surface area contributed by atoms with Gasteiger partial charge in [0.15, 0.2) is 0 Å². The monoisotopic (exact) mass is 264 g/mol. The third kappa shape index (κ3) is 3.00. The van der Waals surface area contributed by atoms with Crippen molar-refractivity contribution in [3.63, 3.8) is 0 Å². The molecule has 1 atom stereocenters. The van der Waals surface area contributed by atoms with E-state index < -0.39 is 0 Å². The van der Waals surface area contributed by atoms with Gasteiger partial charge in [-0.2, -0.15) is 0 Å². The lowest BCUT2D eigenvalue weighted by Gasteiger charge is -2.16. The van der Waals surface area contributed by atoms with Crippen LogP contribution in [0, 0.1) is 6.92 Å². The molecule has 0 spiro atoms. The van der Waals surface area contributed by atoms with Crippen molar-refractivity contribution in [2.24, 2.45) is 0 Å². The van der Waals surface area contributed by atoms with E-state index >= 15 is 0 Å². The van der Waals surface area contributed by atoms with Crippen molar-refractivity contribution < 1.29 is 4.42 Å². The minimum Gasteiger partial charge on any atom is -0.469 e. The maximum atomic E-state index is 5.53. The summed E-state index contributed by atoms with van der Waals surface area (Å²) >= 11 is 1.71. The number of hydrogen-bond donors (Lipinski definition) is 1. The van der Waals surface area contributed by atoms with Gasteiger partial charge >= 0.3 is 0 Å². The van der Waals surface area contributed by atoms with E-state index in [9.17, 15) is 0 Å². The van der Waals surface area contributed by atoms with E-state index in [2.05, 4.69) is 35.6 Å². The molecule has 0 aliphatic rings. The molecule has 0 saturated carbocycles. The van der Waals surface area contributed by atoms with Crippen LogP contribution in [-0.2, 0) is 12.8 Å². The van der Waals surface area contributed by atoms with E-state index in [1.165, 1.54) is 5.56 Å². The molecule has 0 saturated heterocycles. The van der Waals surface area contributed by atoms with Gasteiger partial charge in [-0.05, 0) is 19.5 Å². The third-order valence-electron chi connectivity index (χ3n) is 3.01. The summed E-state index contributed by atoms with van der Waals surface area (Å²) in [5.41, 5.74) is 2.43. The van der Waals surface area contributed by atoms with Gasteiger partial charge in [-0.25, -0.2) is 4.98 Å². The Morgan fingerprint density at radius 1 is 1.44 bits per heavy atom. The third-order valence-corrected chi connectivity index (χ3v) is 3.83. The average Bonchev–Trinajstić information content (AvgIpc) is 2.97. The Balaban J connectivity index is 2.17. The second-order valence-corrected chi connectivity index (χ2v) is 5.39. The zero-order chi connectivity index (χ0) is 13.0. The highest BCUT2D eigenvalue weighted by Crippen LogP contribution is 2.24. The minimum atomic E-state index is 0.296. The summed E-state index contributed by atoms with van der Waals surface area (Å²) in [6.07, 6.45) is 3.63. The first-order chi connectivity index (χ1) is 8.74. The molecule has 4 heteroatoms. The van der Waals surface area contributed by atoms with Crippen LogP contribution in [0.15, 0.2) is 22.1 Å². The van der Waals surface area contributed by atoms with Crippen molar-refractivity contribution in [3.8, 4) is 0 Å². The number of nitrogens with zero attached hydrogens (tertiary/aromatic N) is 1. The molecular weight excluding hydrogens is 244 g/mol. The highest BCUT2D eigenvalue weighted by atomic mass is 32.1. The Kier molecular flexibility index (Phi) is 4.55. The van der Waals surface area contributed by atoms with Crippen molar-refractivity contribution >= 4 is 11.3 Å². The SMILES string of the molecule is CCNC(Cc1csc(C)n1)c1ccoc1CC. The molecule has 0 fully saturated rings. The van der Waals surface area contributed by atoms with Crippen LogP contribution in [0.25, 0.3) is 0 Å². The zero-order valence-corrected chi connectivity index (χ0v) is 12.0. The highest BCUT2D eigenvalue weighted by Gasteiger charge is 2.17. The molecule has 1 unspecified atom stereocenters. The van der Waals surface area contributed by atoms with Crippen LogP contribution in [0.1, 0.15) is 41.9 Å². The number of aryl methyl sites for hydroxylation is 2. The molecule has 3 nitrogen and oxygen atoms in total. The Labute approximate surface area is 112 Å². The van der Waals surface area contributed by atoms with Gasteiger partial charge in [-0.1, -0.05) is 13.8 Å². The first-order valence-electron chi connectivity index (χ1n) is 6.45. The molecule has 0 bridgehead atoms. The number of aromatic nitrogens is 1. The maximum absolute atomic E-state index is 5.53. The van der Waals surface area contributed by atoms with Gasteiger partial charge in [0.25, 0.3) is 0 Å². The summed E-state index contributed by atoms with van der Waals surface area (Å²) in [5.74, 6) is 1.08. The standard InChI is InChI=1S/C14H20N2OS/c1-4-14-12(6-7-17-14)13(15-5-2)8-11-9-18-10(3)16-11/h6-7,9,13,15H,4-5,8H2,1-3H3. The Bertz CT molecular complexity index is 489. The van der Waals surface area contributed by atoms with Gasteiger partial charge in [-0.3, -0.25) is 0 Å². The fourth-order valence-corrected chi connectivity index (χ4v) is 2.82. The van der Waals surface area contributed by atoms with Crippen LogP contribution in [0.5, 0.6) is 0 Å². The largest absolute Gasteiger partial charge is 0.469 e. The number of furan rings is 1. The van der Waals surface area contributed by atoms with Crippen LogP contribution >= 0.6 is 11.3 Å². The van der Waals surface area contributed by atoms with Gasteiger partial charge in [0.1, 0.15) is 5.76 Å². The van der Waals surface area contributed by atoms with Gasteiger partial charge in [0.2, 0.25) is 0 Å². The molecule has 2 heterocycles. The van der Waals surface area contributed by atoms with Crippen LogP contribution in [0.4, 0.5) is 0 Å². The number of hydrogen-bond acceptors (Lipinski definition) is 4. The molecule has 0 aliphatic heterocycles.